The molecule has 4 heteroatoms. The highest BCUT2D eigenvalue weighted by molar-refractivity contribution is 7.95. The number of sulfone groups is 1. The summed E-state index contributed by atoms with van der Waals surface area (Å²) in [7, 11) is -3.75. The summed E-state index contributed by atoms with van der Waals surface area (Å²) >= 11 is 0. The normalized spacial score (nSPS) is 13.4. The van der Waals surface area contributed by atoms with E-state index in [1.54, 1.807) is 18.2 Å². The number of nitrogens with zero attached hydrogens (tertiary/aromatic N) is 1. The van der Waals surface area contributed by atoms with E-state index >= 15 is 0 Å². The summed E-state index contributed by atoms with van der Waals surface area (Å²) in [5.74, 6) is -0.153. The largest absolute Gasteiger partial charge is 0.218 e. The Labute approximate surface area is 125 Å². The summed E-state index contributed by atoms with van der Waals surface area (Å²) in [6.07, 6.45) is 1.50. The van der Waals surface area contributed by atoms with Gasteiger partial charge in [-0.1, -0.05) is 55.5 Å². The van der Waals surface area contributed by atoms with E-state index in [9.17, 15) is 13.7 Å². The van der Waals surface area contributed by atoms with E-state index in [0.29, 0.717) is 0 Å². The molecule has 0 spiro atoms. The zero-order valence-electron chi connectivity index (χ0n) is 11.6. The summed E-state index contributed by atoms with van der Waals surface area (Å²) in [6, 6.07) is 19.3. The Balaban J connectivity index is 2.41. The van der Waals surface area contributed by atoms with E-state index < -0.39 is 9.84 Å². The Morgan fingerprint density at radius 2 is 1.57 bits per heavy atom. The summed E-state index contributed by atoms with van der Waals surface area (Å²) in [5.41, 5.74) is 0.966. The molecule has 2 aromatic carbocycles. The number of allylic oxidation sites excluding steroid dienone is 2. The van der Waals surface area contributed by atoms with E-state index in [4.69, 9.17) is 0 Å². The van der Waals surface area contributed by atoms with E-state index in [-0.39, 0.29) is 15.7 Å². The van der Waals surface area contributed by atoms with Crippen LogP contribution < -0.4 is 0 Å². The van der Waals surface area contributed by atoms with Crippen molar-refractivity contribution in [1.82, 2.24) is 0 Å². The van der Waals surface area contributed by atoms with Crippen molar-refractivity contribution in [1.29, 1.82) is 5.26 Å². The van der Waals surface area contributed by atoms with Gasteiger partial charge in [-0.2, -0.15) is 5.26 Å². The molecule has 0 N–H and O–H groups in total. The van der Waals surface area contributed by atoms with Gasteiger partial charge in [0.1, 0.15) is 11.0 Å². The van der Waals surface area contributed by atoms with Gasteiger partial charge in [0.25, 0.3) is 0 Å². The lowest BCUT2D eigenvalue weighted by Gasteiger charge is -2.08. The van der Waals surface area contributed by atoms with Crippen LogP contribution in [0.2, 0.25) is 0 Å². The van der Waals surface area contributed by atoms with Gasteiger partial charge in [0.2, 0.25) is 9.84 Å². The van der Waals surface area contributed by atoms with Crippen molar-refractivity contribution in [3.05, 3.63) is 77.2 Å². The molecule has 0 aliphatic rings. The minimum Gasteiger partial charge on any atom is -0.218 e. The first-order valence-electron chi connectivity index (χ1n) is 6.52. The van der Waals surface area contributed by atoms with Crippen LogP contribution in [-0.4, -0.2) is 8.42 Å². The molecule has 1 atom stereocenters. The molecule has 2 aromatic rings. The van der Waals surface area contributed by atoms with Gasteiger partial charge < -0.3 is 0 Å². The Kier molecular flexibility index (Phi) is 4.56. The predicted molar refractivity (Wildman–Crippen MR) is 82.2 cm³/mol. The molecule has 0 aromatic heterocycles. The SMILES string of the molecule is CC(/C=C(/C#N)S(=O)(=O)c1ccccc1)c1ccccc1. The highest BCUT2D eigenvalue weighted by Crippen LogP contribution is 2.24. The molecular weight excluding hydrogens is 282 g/mol. The van der Waals surface area contributed by atoms with E-state index in [2.05, 4.69) is 0 Å². The topological polar surface area (TPSA) is 57.9 Å². The van der Waals surface area contributed by atoms with Crippen LogP contribution in [0.3, 0.4) is 0 Å². The maximum atomic E-state index is 12.4. The molecule has 0 aliphatic heterocycles. The molecule has 0 saturated heterocycles. The number of hydrogen-bond acceptors (Lipinski definition) is 3. The van der Waals surface area contributed by atoms with Crippen molar-refractivity contribution in [2.45, 2.75) is 17.7 Å². The Morgan fingerprint density at radius 3 is 2.10 bits per heavy atom. The van der Waals surface area contributed by atoms with Crippen LogP contribution in [0, 0.1) is 11.3 Å². The van der Waals surface area contributed by atoms with Crippen molar-refractivity contribution in [2.24, 2.45) is 0 Å². The molecule has 1 unspecified atom stereocenters. The van der Waals surface area contributed by atoms with Crippen LogP contribution in [0.25, 0.3) is 0 Å². The van der Waals surface area contributed by atoms with Crippen LogP contribution in [-0.2, 0) is 9.84 Å². The Hall–Kier alpha value is -2.38. The lowest BCUT2D eigenvalue weighted by atomic mass is 10.0. The second kappa shape index (κ2) is 6.38. The molecule has 21 heavy (non-hydrogen) atoms. The lowest BCUT2D eigenvalue weighted by molar-refractivity contribution is 0.603. The van der Waals surface area contributed by atoms with E-state index in [1.165, 1.54) is 18.2 Å². The van der Waals surface area contributed by atoms with Gasteiger partial charge >= 0.3 is 0 Å². The van der Waals surface area contributed by atoms with Gasteiger partial charge in [0, 0.05) is 5.92 Å². The number of benzene rings is 2. The highest BCUT2D eigenvalue weighted by atomic mass is 32.2. The average molecular weight is 297 g/mol. The van der Waals surface area contributed by atoms with Gasteiger partial charge in [-0.25, -0.2) is 8.42 Å². The van der Waals surface area contributed by atoms with Crippen molar-refractivity contribution < 1.29 is 8.42 Å². The highest BCUT2D eigenvalue weighted by Gasteiger charge is 2.21. The van der Waals surface area contributed by atoms with E-state index in [1.807, 2.05) is 43.3 Å². The Bertz CT molecular complexity index is 773. The first-order valence-corrected chi connectivity index (χ1v) is 8.01. The fraction of sp³-hybridized carbons (Fsp3) is 0.118. The molecule has 106 valence electrons. The summed E-state index contributed by atoms with van der Waals surface area (Å²) in [4.78, 5) is -0.0804. The monoisotopic (exact) mass is 297 g/mol. The van der Waals surface area contributed by atoms with Gasteiger partial charge in [-0.15, -0.1) is 0 Å². The summed E-state index contributed by atoms with van der Waals surface area (Å²) in [6.45, 7) is 1.87. The van der Waals surface area contributed by atoms with Crippen LogP contribution in [0.4, 0.5) is 0 Å². The maximum absolute atomic E-state index is 12.4. The third-order valence-electron chi connectivity index (χ3n) is 3.18. The van der Waals surface area contributed by atoms with Gasteiger partial charge in [0.05, 0.1) is 4.90 Å². The first kappa shape index (κ1) is 15.0. The number of hydrogen-bond donors (Lipinski definition) is 0. The molecule has 0 amide bonds. The molecule has 0 heterocycles. The van der Waals surface area contributed by atoms with Gasteiger partial charge in [-0.3, -0.25) is 0 Å². The maximum Gasteiger partial charge on any atom is 0.216 e. The zero-order chi connectivity index (χ0) is 15.3. The third kappa shape index (κ3) is 3.39. The third-order valence-corrected chi connectivity index (χ3v) is 4.88. The van der Waals surface area contributed by atoms with Crippen LogP contribution in [0.15, 0.2) is 76.5 Å². The molecule has 0 aliphatic carbocycles. The van der Waals surface area contributed by atoms with Crippen molar-refractivity contribution in [3.8, 4) is 6.07 Å². The standard InChI is InChI=1S/C17H15NO2S/c1-14(15-8-4-2-5-9-15)12-17(13-18)21(19,20)16-10-6-3-7-11-16/h2-12,14H,1H3/b17-12-. The molecule has 3 nitrogen and oxygen atoms in total. The Morgan fingerprint density at radius 1 is 1.05 bits per heavy atom. The first-order chi connectivity index (χ1) is 10.1. The van der Waals surface area contributed by atoms with Crippen LogP contribution in [0.1, 0.15) is 18.4 Å². The van der Waals surface area contributed by atoms with Crippen LogP contribution in [0.5, 0.6) is 0 Å². The molecule has 0 radical (unpaired) electrons. The van der Waals surface area contributed by atoms with Crippen molar-refractivity contribution >= 4 is 9.84 Å². The molecule has 2 rings (SSSR count). The molecule has 0 bridgehead atoms. The minimum absolute atomic E-state index is 0.137. The minimum atomic E-state index is -3.75. The fourth-order valence-corrected chi connectivity index (χ4v) is 3.27. The van der Waals surface area contributed by atoms with Gasteiger partial charge in [0.15, 0.2) is 0 Å². The summed E-state index contributed by atoms with van der Waals surface area (Å²) < 4.78 is 24.9. The van der Waals surface area contributed by atoms with Gasteiger partial charge in [-0.05, 0) is 23.8 Å². The molecule has 0 saturated carbocycles. The second-order valence-electron chi connectivity index (χ2n) is 4.66. The average Bonchev–Trinajstić information content (AvgIpc) is 2.53. The quantitative estimate of drug-likeness (QED) is 0.809. The smallest absolute Gasteiger partial charge is 0.216 e. The van der Waals surface area contributed by atoms with E-state index in [0.717, 1.165) is 5.56 Å². The second-order valence-corrected chi connectivity index (χ2v) is 6.58. The van der Waals surface area contributed by atoms with Crippen molar-refractivity contribution in [2.75, 3.05) is 0 Å². The molecule has 0 fully saturated rings. The lowest BCUT2D eigenvalue weighted by Crippen LogP contribution is -2.05. The fourth-order valence-electron chi connectivity index (χ4n) is 1.99. The zero-order valence-corrected chi connectivity index (χ0v) is 12.4. The van der Waals surface area contributed by atoms with Crippen molar-refractivity contribution in [3.63, 3.8) is 0 Å². The number of rotatable bonds is 4. The summed E-state index contributed by atoms with van der Waals surface area (Å²) in [5, 5.41) is 9.22. The number of nitriles is 1. The van der Waals surface area contributed by atoms with Crippen LogP contribution >= 0.6 is 0 Å². The predicted octanol–water partition coefficient (Wildman–Crippen LogP) is 3.67. The molecular formula is C17H15NO2S.